The number of carbonyl (C=O) groups is 4. The monoisotopic (exact) mass is 548 g/mol. The first-order valence-electron chi connectivity index (χ1n) is 15.0. The number of primary amides is 1. The van der Waals surface area contributed by atoms with Crippen LogP contribution in [0.3, 0.4) is 0 Å². The average Bonchev–Trinajstić information content (AvgIpc) is 2.86. The number of hydrogen-bond donors (Lipinski definition) is 3. The van der Waals surface area contributed by atoms with Gasteiger partial charge in [0, 0.05) is 48.8 Å². The number of carboxylic acids is 1. The molecule has 0 rings (SSSR count). The maximum absolute atomic E-state index is 12.9. The molecule has 0 saturated heterocycles. The van der Waals surface area contributed by atoms with Crippen LogP contribution in [0, 0.1) is 0 Å². The Morgan fingerprint density at radius 2 is 0.974 bits per heavy atom. The van der Waals surface area contributed by atoms with E-state index in [4.69, 9.17) is 5.73 Å². The van der Waals surface area contributed by atoms with Gasteiger partial charge in [-0.2, -0.15) is 0 Å². The van der Waals surface area contributed by atoms with Crippen LogP contribution >= 0.6 is 0 Å². The molecular weight excluding hydrogens is 493 g/mol. The summed E-state index contributed by atoms with van der Waals surface area (Å²) in [6, 6.07) is -1.23. The summed E-state index contributed by atoms with van der Waals surface area (Å²) in [6.07, 6.45) is 20.2. The van der Waals surface area contributed by atoms with Gasteiger partial charge in [-0.25, -0.2) is 10.4 Å². The molecule has 9 heteroatoms. The molecule has 0 aromatic carbocycles. The summed E-state index contributed by atoms with van der Waals surface area (Å²) in [5.74, 6) is -2.66. The van der Waals surface area contributed by atoms with E-state index in [0.29, 0.717) is 12.8 Å². The summed E-state index contributed by atoms with van der Waals surface area (Å²) < 4.78 is 0. The molecule has 1 radical (unpaired) electrons. The molecule has 0 aliphatic rings. The van der Waals surface area contributed by atoms with Crippen LogP contribution in [0.25, 0.3) is 0 Å². The van der Waals surface area contributed by atoms with Crippen molar-refractivity contribution in [2.45, 2.75) is 161 Å². The van der Waals surface area contributed by atoms with Crippen molar-refractivity contribution in [3.63, 3.8) is 0 Å². The summed E-state index contributed by atoms with van der Waals surface area (Å²) in [6.45, 7) is 4.40. The van der Waals surface area contributed by atoms with Gasteiger partial charge in [0.2, 0.25) is 17.7 Å². The van der Waals surface area contributed by atoms with Gasteiger partial charge < -0.3 is 10.8 Å². The summed E-state index contributed by atoms with van der Waals surface area (Å²) in [5.41, 5.74) is 7.76. The van der Waals surface area contributed by atoms with Crippen molar-refractivity contribution < 1.29 is 24.3 Å². The SMILES string of the molecule is CCCCCCCCCCCC(=O)N(N[C@@H](CCC(N)=O)C(=O)O)C(=O)CCCCCCCCCCC.[Na]. The molecule has 0 unspecified atom stereocenters. The zero-order chi connectivity index (χ0) is 27.7. The van der Waals surface area contributed by atoms with Crippen LogP contribution in [0.5, 0.6) is 0 Å². The van der Waals surface area contributed by atoms with Crippen molar-refractivity contribution in [2.24, 2.45) is 5.73 Å². The Hall–Kier alpha value is -0.960. The van der Waals surface area contributed by atoms with E-state index in [1.165, 1.54) is 64.2 Å². The molecule has 4 N–H and O–H groups in total. The number of carbonyl (C=O) groups excluding carboxylic acids is 3. The summed E-state index contributed by atoms with van der Waals surface area (Å²) in [7, 11) is 0. The number of rotatable bonds is 26. The molecule has 3 amide bonds. The number of hydrogen-bond acceptors (Lipinski definition) is 5. The predicted molar refractivity (Wildman–Crippen MR) is 154 cm³/mol. The third kappa shape index (κ3) is 23.0. The average molecular weight is 549 g/mol. The smallest absolute Gasteiger partial charge is 0.322 e. The maximum Gasteiger partial charge on any atom is 0.322 e. The minimum Gasteiger partial charge on any atom is -0.480 e. The van der Waals surface area contributed by atoms with Crippen molar-refractivity contribution in [3.8, 4) is 0 Å². The Morgan fingerprint density at radius 1 is 0.632 bits per heavy atom. The van der Waals surface area contributed by atoms with E-state index in [1.54, 1.807) is 0 Å². The summed E-state index contributed by atoms with van der Waals surface area (Å²) in [5, 5.41) is 10.4. The molecule has 0 saturated carbocycles. The van der Waals surface area contributed by atoms with Gasteiger partial charge in [-0.15, -0.1) is 0 Å². The molecular formula is C29H55N3NaO5. The molecule has 0 aliphatic heterocycles. The second-order valence-corrected chi connectivity index (χ2v) is 10.3. The molecule has 217 valence electrons. The Morgan fingerprint density at radius 3 is 1.29 bits per heavy atom. The number of imide groups is 1. The van der Waals surface area contributed by atoms with Gasteiger partial charge >= 0.3 is 5.97 Å². The van der Waals surface area contributed by atoms with Gasteiger partial charge in [0.15, 0.2) is 0 Å². The van der Waals surface area contributed by atoms with E-state index in [2.05, 4.69) is 19.3 Å². The molecule has 0 heterocycles. The zero-order valence-electron chi connectivity index (χ0n) is 24.7. The van der Waals surface area contributed by atoms with Crippen LogP contribution < -0.4 is 11.2 Å². The van der Waals surface area contributed by atoms with Gasteiger partial charge in [0.25, 0.3) is 0 Å². The predicted octanol–water partition coefficient (Wildman–Crippen LogP) is 6.03. The molecule has 0 aromatic rings. The number of aliphatic carboxylic acids is 1. The van der Waals surface area contributed by atoms with Crippen LogP contribution in [-0.4, -0.2) is 69.4 Å². The molecule has 0 aromatic heterocycles. The number of nitrogens with two attached hydrogens (primary N) is 1. The first-order valence-corrected chi connectivity index (χ1v) is 15.0. The van der Waals surface area contributed by atoms with E-state index < -0.39 is 29.7 Å². The summed E-state index contributed by atoms with van der Waals surface area (Å²) in [4.78, 5) is 48.6. The van der Waals surface area contributed by atoms with E-state index in [0.717, 1.165) is 43.5 Å². The number of carboxylic acid groups (broad SMARTS) is 1. The van der Waals surface area contributed by atoms with Gasteiger partial charge in [-0.1, -0.05) is 117 Å². The van der Waals surface area contributed by atoms with E-state index in [9.17, 15) is 24.3 Å². The van der Waals surface area contributed by atoms with E-state index in [-0.39, 0.29) is 55.2 Å². The molecule has 0 bridgehead atoms. The first-order chi connectivity index (χ1) is 17.8. The Balaban J connectivity index is 0. The van der Waals surface area contributed by atoms with Crippen molar-refractivity contribution >= 4 is 53.2 Å². The fraction of sp³-hybridized carbons (Fsp3) is 0.862. The van der Waals surface area contributed by atoms with E-state index >= 15 is 0 Å². The molecule has 0 aliphatic carbocycles. The minimum atomic E-state index is -1.23. The second-order valence-electron chi connectivity index (χ2n) is 10.3. The zero-order valence-corrected chi connectivity index (χ0v) is 26.7. The van der Waals surface area contributed by atoms with Crippen molar-refractivity contribution in [1.82, 2.24) is 10.4 Å². The van der Waals surface area contributed by atoms with Crippen molar-refractivity contribution in [2.75, 3.05) is 0 Å². The standard InChI is InChI=1S/C29H55N3O5.Na/c1-3-5-7-9-11-13-15-17-19-21-27(34)32(31-25(29(36)37)23-24-26(30)33)28(35)22-20-18-16-14-12-10-8-6-4-2;/h25,31H,3-24H2,1-2H3,(H2,30,33)(H,36,37);/t25-;/m0./s1. The number of unbranched alkanes of at least 4 members (excludes halogenated alkanes) is 16. The number of hydrazine groups is 1. The molecule has 1 atom stereocenters. The maximum atomic E-state index is 12.9. The van der Waals surface area contributed by atoms with Crippen LogP contribution in [0.15, 0.2) is 0 Å². The number of nitrogens with one attached hydrogen (secondary N) is 1. The quantitative estimate of drug-likeness (QED) is 0.0688. The molecule has 0 fully saturated rings. The number of nitrogens with zero attached hydrogens (tertiary/aromatic N) is 1. The molecule has 8 nitrogen and oxygen atoms in total. The largest absolute Gasteiger partial charge is 0.480 e. The van der Waals surface area contributed by atoms with Gasteiger partial charge in [-0.05, 0) is 19.3 Å². The molecule has 0 spiro atoms. The summed E-state index contributed by atoms with van der Waals surface area (Å²) >= 11 is 0. The normalized spacial score (nSPS) is 11.5. The first kappa shape index (κ1) is 39.2. The third-order valence-corrected chi connectivity index (χ3v) is 6.75. The van der Waals surface area contributed by atoms with Gasteiger partial charge in [0.05, 0.1) is 0 Å². The van der Waals surface area contributed by atoms with Crippen molar-refractivity contribution in [3.05, 3.63) is 0 Å². The van der Waals surface area contributed by atoms with Gasteiger partial charge in [0.1, 0.15) is 6.04 Å². The second kappa shape index (κ2) is 27.6. The van der Waals surface area contributed by atoms with Crippen LogP contribution in [0.1, 0.15) is 155 Å². The molecule has 38 heavy (non-hydrogen) atoms. The fourth-order valence-corrected chi connectivity index (χ4v) is 4.37. The van der Waals surface area contributed by atoms with Crippen molar-refractivity contribution in [1.29, 1.82) is 0 Å². The fourth-order valence-electron chi connectivity index (χ4n) is 4.37. The van der Waals surface area contributed by atoms with Crippen LogP contribution in [0.2, 0.25) is 0 Å². The Bertz CT molecular complexity index is 599. The third-order valence-electron chi connectivity index (χ3n) is 6.75. The van der Waals surface area contributed by atoms with Gasteiger partial charge in [-0.3, -0.25) is 19.2 Å². The van der Waals surface area contributed by atoms with Crippen LogP contribution in [-0.2, 0) is 19.2 Å². The Kier molecular flexibility index (Phi) is 28.5. The topological polar surface area (TPSA) is 130 Å². The van der Waals surface area contributed by atoms with Crippen LogP contribution in [0.4, 0.5) is 0 Å². The Labute approximate surface area is 253 Å². The number of amides is 3. The minimum absolute atomic E-state index is 0. The van der Waals surface area contributed by atoms with E-state index in [1.807, 2.05) is 0 Å².